The van der Waals surface area contributed by atoms with Gasteiger partial charge in [0, 0.05) is 12.1 Å². The molecule has 5 aromatic rings. The molecule has 0 aliphatic heterocycles. The van der Waals surface area contributed by atoms with E-state index < -0.39 is 23.1 Å². The monoisotopic (exact) mass is 455 g/mol. The molecule has 10 heteroatoms. The fourth-order valence-corrected chi connectivity index (χ4v) is 3.89. The van der Waals surface area contributed by atoms with Crippen molar-refractivity contribution in [3.63, 3.8) is 0 Å². The number of aromatic amines is 1. The Kier molecular flexibility index (Phi) is 4.80. The number of rotatable bonds is 4. The Hall–Kier alpha value is -3.95. The maximum Gasteiger partial charge on any atom is 0.416 e. The van der Waals surface area contributed by atoms with E-state index in [2.05, 4.69) is 15.2 Å². The molecule has 0 fully saturated rings. The summed E-state index contributed by atoms with van der Waals surface area (Å²) in [5.74, 6) is -0.461. The first-order valence-electron chi connectivity index (χ1n) is 10.2. The third-order valence-electron chi connectivity index (χ3n) is 5.41. The van der Waals surface area contributed by atoms with Crippen LogP contribution in [0.15, 0.2) is 59.5 Å². The average molecular weight is 455 g/mol. The quantitative estimate of drug-likeness (QED) is 0.374. The summed E-state index contributed by atoms with van der Waals surface area (Å²) in [6.07, 6.45) is -2.21. The van der Waals surface area contributed by atoms with Gasteiger partial charge in [-0.15, -0.1) is 0 Å². The van der Waals surface area contributed by atoms with Crippen LogP contribution in [0.25, 0.3) is 38.9 Å². The van der Waals surface area contributed by atoms with Crippen LogP contribution >= 0.6 is 0 Å². The van der Waals surface area contributed by atoms with E-state index in [-0.39, 0.29) is 16.6 Å². The number of nitrogens with one attached hydrogen (secondary N) is 1. The molecule has 0 saturated heterocycles. The van der Waals surface area contributed by atoms with Crippen molar-refractivity contribution in [1.29, 1.82) is 0 Å². The third kappa shape index (κ3) is 3.47. The van der Waals surface area contributed by atoms with E-state index in [0.717, 1.165) is 18.6 Å². The highest BCUT2D eigenvalue weighted by atomic mass is 19.4. The number of benzene rings is 2. The predicted octanol–water partition coefficient (Wildman–Crippen LogP) is 5.30. The second-order valence-corrected chi connectivity index (χ2v) is 7.62. The summed E-state index contributed by atoms with van der Waals surface area (Å²) in [6.45, 7) is 2.51. The predicted molar refractivity (Wildman–Crippen MR) is 116 cm³/mol. The molecular formula is C23H17F4N5O. The lowest BCUT2D eigenvalue weighted by atomic mass is 10.0. The molecule has 0 radical (unpaired) electrons. The van der Waals surface area contributed by atoms with E-state index in [9.17, 15) is 22.4 Å². The Bertz CT molecular complexity index is 1540. The molecular weight excluding hydrogens is 438 g/mol. The number of H-pyrrole nitrogens is 1. The molecule has 2 aromatic carbocycles. The number of halogens is 4. The minimum atomic E-state index is -4.55. The van der Waals surface area contributed by atoms with Crippen LogP contribution in [0.3, 0.4) is 0 Å². The largest absolute Gasteiger partial charge is 0.416 e. The van der Waals surface area contributed by atoms with E-state index in [0.29, 0.717) is 28.8 Å². The Morgan fingerprint density at radius 2 is 1.85 bits per heavy atom. The minimum absolute atomic E-state index is 0.114. The van der Waals surface area contributed by atoms with Crippen molar-refractivity contribution in [3.05, 3.63) is 76.5 Å². The molecule has 0 amide bonds. The second-order valence-electron chi connectivity index (χ2n) is 7.62. The van der Waals surface area contributed by atoms with Crippen LogP contribution in [-0.4, -0.2) is 24.5 Å². The third-order valence-corrected chi connectivity index (χ3v) is 5.41. The van der Waals surface area contributed by atoms with E-state index in [1.54, 1.807) is 10.9 Å². The SMILES string of the molecule is CCCn1ncc2c3[nH]n(-c4ccc(F)cc4)c(=O)c3c(-c3cccc(C(F)(F)F)c3)nc21. The number of alkyl halides is 3. The van der Waals surface area contributed by atoms with Gasteiger partial charge >= 0.3 is 6.18 Å². The fourth-order valence-electron chi connectivity index (χ4n) is 3.89. The highest BCUT2D eigenvalue weighted by Gasteiger charge is 2.31. The van der Waals surface area contributed by atoms with Crippen molar-refractivity contribution >= 4 is 21.9 Å². The molecule has 0 bridgehead atoms. The van der Waals surface area contributed by atoms with Crippen LogP contribution < -0.4 is 5.56 Å². The van der Waals surface area contributed by atoms with Crippen LogP contribution in [0.1, 0.15) is 18.9 Å². The van der Waals surface area contributed by atoms with Crippen LogP contribution in [-0.2, 0) is 12.7 Å². The Labute approximate surface area is 184 Å². The van der Waals surface area contributed by atoms with Gasteiger partial charge in [-0.1, -0.05) is 19.1 Å². The maximum absolute atomic E-state index is 13.4. The molecule has 0 atom stereocenters. The zero-order chi connectivity index (χ0) is 23.3. The molecule has 5 rings (SSSR count). The Morgan fingerprint density at radius 1 is 1.09 bits per heavy atom. The first-order chi connectivity index (χ1) is 15.8. The van der Waals surface area contributed by atoms with Gasteiger partial charge in [-0.05, 0) is 42.8 Å². The van der Waals surface area contributed by atoms with Crippen molar-refractivity contribution in [2.75, 3.05) is 0 Å². The van der Waals surface area contributed by atoms with Crippen LogP contribution in [0.4, 0.5) is 17.6 Å². The maximum atomic E-state index is 13.4. The first-order valence-corrected chi connectivity index (χ1v) is 10.2. The van der Waals surface area contributed by atoms with Crippen LogP contribution in [0.5, 0.6) is 0 Å². The van der Waals surface area contributed by atoms with Gasteiger partial charge < -0.3 is 0 Å². The number of pyridine rings is 1. The van der Waals surface area contributed by atoms with Gasteiger partial charge in [0.15, 0.2) is 5.65 Å². The zero-order valence-corrected chi connectivity index (χ0v) is 17.3. The topological polar surface area (TPSA) is 68.5 Å². The van der Waals surface area contributed by atoms with Crippen molar-refractivity contribution in [1.82, 2.24) is 24.5 Å². The molecule has 168 valence electrons. The van der Waals surface area contributed by atoms with Gasteiger partial charge in [-0.3, -0.25) is 9.89 Å². The molecule has 1 N–H and O–H groups in total. The highest BCUT2D eigenvalue weighted by Crippen LogP contribution is 2.35. The molecule has 0 aliphatic carbocycles. The molecule has 3 aromatic heterocycles. The first kappa shape index (κ1) is 20.9. The summed E-state index contributed by atoms with van der Waals surface area (Å²) in [5.41, 5.74) is 0.134. The van der Waals surface area contributed by atoms with Crippen molar-refractivity contribution in [2.45, 2.75) is 26.1 Å². The van der Waals surface area contributed by atoms with Gasteiger partial charge in [0.25, 0.3) is 5.56 Å². The van der Waals surface area contributed by atoms with E-state index in [4.69, 9.17) is 0 Å². The fraction of sp³-hybridized carbons (Fsp3) is 0.174. The Balaban J connectivity index is 1.86. The van der Waals surface area contributed by atoms with Crippen LogP contribution in [0, 0.1) is 5.82 Å². The smallest absolute Gasteiger partial charge is 0.289 e. The number of fused-ring (bicyclic) bond motifs is 3. The van der Waals surface area contributed by atoms with E-state index in [1.165, 1.54) is 41.1 Å². The molecule has 6 nitrogen and oxygen atoms in total. The second kappa shape index (κ2) is 7.58. The number of aromatic nitrogens is 5. The van der Waals surface area contributed by atoms with Gasteiger partial charge in [-0.2, -0.15) is 18.3 Å². The summed E-state index contributed by atoms with van der Waals surface area (Å²) in [6, 6.07) is 10.0. The lowest BCUT2D eigenvalue weighted by molar-refractivity contribution is -0.137. The van der Waals surface area contributed by atoms with Crippen molar-refractivity contribution in [2.24, 2.45) is 0 Å². The molecule has 0 saturated carbocycles. The van der Waals surface area contributed by atoms with Gasteiger partial charge in [0.05, 0.1) is 39.4 Å². The van der Waals surface area contributed by atoms with Gasteiger partial charge in [-0.25, -0.2) is 18.7 Å². The number of nitrogens with zero attached hydrogens (tertiary/aromatic N) is 4. The molecule has 33 heavy (non-hydrogen) atoms. The summed E-state index contributed by atoms with van der Waals surface area (Å²) in [4.78, 5) is 18.0. The molecule has 0 spiro atoms. The summed E-state index contributed by atoms with van der Waals surface area (Å²) in [5, 5.41) is 8.05. The number of hydrogen-bond donors (Lipinski definition) is 1. The average Bonchev–Trinajstić information content (AvgIpc) is 3.35. The highest BCUT2D eigenvalue weighted by molar-refractivity contribution is 6.07. The minimum Gasteiger partial charge on any atom is -0.289 e. The standard InChI is InChI=1S/C23H17F4N5O/c1-2-10-31-21-17(12-28-31)20-18(22(33)32(30-20)16-8-6-15(24)7-9-16)19(29-21)13-4-3-5-14(11-13)23(25,26)27/h3-9,11-12,30H,2,10H2,1H3. The number of aryl methyl sites for hydroxylation is 1. The Morgan fingerprint density at radius 3 is 2.55 bits per heavy atom. The van der Waals surface area contributed by atoms with Gasteiger partial charge in [0.2, 0.25) is 0 Å². The van der Waals surface area contributed by atoms with Crippen LogP contribution in [0.2, 0.25) is 0 Å². The molecule has 3 heterocycles. The van der Waals surface area contributed by atoms with E-state index >= 15 is 0 Å². The van der Waals surface area contributed by atoms with Crippen molar-refractivity contribution in [3.8, 4) is 16.9 Å². The lowest BCUT2D eigenvalue weighted by Crippen LogP contribution is -2.15. The summed E-state index contributed by atoms with van der Waals surface area (Å²) >= 11 is 0. The zero-order valence-electron chi connectivity index (χ0n) is 17.3. The normalized spacial score (nSPS) is 12.2. The van der Waals surface area contributed by atoms with Gasteiger partial charge in [0.1, 0.15) is 5.82 Å². The van der Waals surface area contributed by atoms with E-state index in [1.807, 2.05) is 6.92 Å². The number of hydrogen-bond acceptors (Lipinski definition) is 3. The molecule has 0 aliphatic rings. The molecule has 0 unspecified atom stereocenters. The summed E-state index contributed by atoms with van der Waals surface area (Å²) in [7, 11) is 0. The summed E-state index contributed by atoms with van der Waals surface area (Å²) < 4.78 is 56.4. The lowest BCUT2D eigenvalue weighted by Gasteiger charge is -2.09. The van der Waals surface area contributed by atoms with Crippen molar-refractivity contribution < 1.29 is 17.6 Å².